The molecule has 1 rings (SSSR count). The summed E-state index contributed by atoms with van der Waals surface area (Å²) in [5.41, 5.74) is 1.43. The maximum Gasteiger partial charge on any atom is 0.0177 e. The molecule has 0 fully saturated rings. The van der Waals surface area contributed by atoms with Gasteiger partial charge in [0.05, 0.1) is 0 Å². The van der Waals surface area contributed by atoms with Gasteiger partial charge in [0, 0.05) is 9.80 Å². The summed E-state index contributed by atoms with van der Waals surface area (Å²) in [5.74, 6) is 0. The maximum absolute atomic E-state index is 3.48. The number of alkyl halides is 1. The van der Waals surface area contributed by atoms with Crippen molar-refractivity contribution in [1.82, 2.24) is 0 Å². The Bertz CT molecular complexity index is 246. The van der Waals surface area contributed by atoms with E-state index in [1.165, 1.54) is 35.7 Å². The van der Waals surface area contributed by atoms with Crippen LogP contribution in [0.4, 0.5) is 0 Å². The number of hydrogen-bond donors (Lipinski definition) is 0. The lowest BCUT2D eigenvalue weighted by atomic mass is 10.1. The zero-order valence-corrected chi connectivity index (χ0v) is 10.8. The minimum absolute atomic E-state index is 1.13. The molecule has 0 aliphatic rings. The number of unbranched alkanes of at least 4 members (excludes halogenated alkanes) is 2. The van der Waals surface area contributed by atoms with Gasteiger partial charge in [-0.1, -0.05) is 50.4 Å². The Morgan fingerprint density at radius 1 is 1.08 bits per heavy atom. The summed E-state index contributed by atoms with van der Waals surface area (Å²) in [6, 6.07) is 8.57. The molecule has 0 nitrogen and oxygen atoms in total. The molecule has 0 unspecified atom stereocenters. The van der Waals surface area contributed by atoms with Crippen molar-refractivity contribution in [3.05, 3.63) is 34.3 Å². The number of halogens is 2. The van der Waals surface area contributed by atoms with Crippen LogP contribution in [-0.4, -0.2) is 5.33 Å². The van der Waals surface area contributed by atoms with Crippen LogP contribution in [0.25, 0.3) is 0 Å². The summed E-state index contributed by atoms with van der Waals surface area (Å²) in [5, 5.41) is 1.13. The zero-order valence-electron chi connectivity index (χ0n) is 7.60. The largest absolute Gasteiger partial charge is 0.0928 e. The standard InChI is InChI=1S/C11H14Br2/c12-8-3-1-2-5-10-6-4-7-11(13)9-10/h4,6-7,9H,1-3,5,8H2. The van der Waals surface area contributed by atoms with Crippen LogP contribution in [0.1, 0.15) is 24.8 Å². The number of benzene rings is 1. The minimum atomic E-state index is 1.13. The second-order valence-electron chi connectivity index (χ2n) is 3.13. The highest BCUT2D eigenvalue weighted by molar-refractivity contribution is 9.10. The third-order valence-corrected chi connectivity index (χ3v) is 3.04. The predicted octanol–water partition coefficient (Wildman–Crippen LogP) is 4.56. The molecule has 2 heteroatoms. The molecule has 0 spiro atoms. The summed E-state index contributed by atoms with van der Waals surface area (Å²) < 4.78 is 1.19. The van der Waals surface area contributed by atoms with Crippen molar-refractivity contribution in [1.29, 1.82) is 0 Å². The smallest absolute Gasteiger partial charge is 0.0177 e. The van der Waals surface area contributed by atoms with Gasteiger partial charge in [0.1, 0.15) is 0 Å². The Morgan fingerprint density at radius 3 is 2.62 bits per heavy atom. The summed E-state index contributed by atoms with van der Waals surface area (Å²) in [6.45, 7) is 0. The van der Waals surface area contributed by atoms with E-state index in [9.17, 15) is 0 Å². The Labute approximate surface area is 97.0 Å². The second-order valence-corrected chi connectivity index (χ2v) is 4.84. The SMILES string of the molecule is BrCCCCCc1cccc(Br)c1. The fraction of sp³-hybridized carbons (Fsp3) is 0.455. The Hall–Kier alpha value is 0.180. The quantitative estimate of drug-likeness (QED) is 0.553. The Balaban J connectivity index is 2.28. The molecule has 0 saturated heterocycles. The zero-order chi connectivity index (χ0) is 9.52. The maximum atomic E-state index is 3.48. The molecule has 0 bridgehead atoms. The van der Waals surface area contributed by atoms with Crippen LogP contribution < -0.4 is 0 Å². The molecule has 1 aromatic rings. The van der Waals surface area contributed by atoms with Gasteiger partial charge in [0.15, 0.2) is 0 Å². The Morgan fingerprint density at radius 2 is 1.92 bits per heavy atom. The molecule has 0 aliphatic carbocycles. The molecule has 0 heterocycles. The molecule has 72 valence electrons. The monoisotopic (exact) mass is 304 g/mol. The van der Waals surface area contributed by atoms with Crippen LogP contribution in [-0.2, 0) is 6.42 Å². The number of aryl methyl sites for hydroxylation is 1. The topological polar surface area (TPSA) is 0 Å². The van der Waals surface area contributed by atoms with E-state index in [4.69, 9.17) is 0 Å². The molecule has 0 aliphatic heterocycles. The molecule has 0 aromatic heterocycles. The lowest BCUT2D eigenvalue weighted by Gasteiger charge is -2.00. The summed E-state index contributed by atoms with van der Waals surface area (Å²) in [7, 11) is 0. The van der Waals surface area contributed by atoms with E-state index in [1.807, 2.05) is 0 Å². The first kappa shape index (κ1) is 11.3. The van der Waals surface area contributed by atoms with Crippen molar-refractivity contribution in [3.63, 3.8) is 0 Å². The second kappa shape index (κ2) is 6.61. The summed E-state index contributed by atoms with van der Waals surface area (Å²) in [6.07, 6.45) is 5.10. The van der Waals surface area contributed by atoms with E-state index in [0.29, 0.717) is 0 Å². The number of rotatable bonds is 5. The summed E-state index contributed by atoms with van der Waals surface area (Å²) in [4.78, 5) is 0. The van der Waals surface area contributed by atoms with Crippen molar-refractivity contribution in [2.24, 2.45) is 0 Å². The van der Waals surface area contributed by atoms with Crippen molar-refractivity contribution < 1.29 is 0 Å². The molecule has 0 saturated carbocycles. The average molecular weight is 306 g/mol. The molecule has 0 N–H and O–H groups in total. The highest BCUT2D eigenvalue weighted by atomic mass is 79.9. The van der Waals surface area contributed by atoms with Gasteiger partial charge in [0.25, 0.3) is 0 Å². The van der Waals surface area contributed by atoms with Gasteiger partial charge in [-0.05, 0) is 37.0 Å². The van der Waals surface area contributed by atoms with E-state index < -0.39 is 0 Å². The normalized spacial score (nSPS) is 10.3. The molecule has 0 atom stereocenters. The molecule has 1 aromatic carbocycles. The van der Waals surface area contributed by atoms with E-state index in [0.717, 1.165) is 5.33 Å². The van der Waals surface area contributed by atoms with Gasteiger partial charge in [0.2, 0.25) is 0 Å². The van der Waals surface area contributed by atoms with Gasteiger partial charge >= 0.3 is 0 Å². The molecule has 13 heavy (non-hydrogen) atoms. The van der Waals surface area contributed by atoms with Gasteiger partial charge in [-0.15, -0.1) is 0 Å². The van der Waals surface area contributed by atoms with Crippen LogP contribution >= 0.6 is 31.9 Å². The van der Waals surface area contributed by atoms with Crippen LogP contribution in [0, 0.1) is 0 Å². The number of hydrogen-bond acceptors (Lipinski definition) is 0. The van der Waals surface area contributed by atoms with Crippen LogP contribution in [0.15, 0.2) is 28.7 Å². The first-order chi connectivity index (χ1) is 6.33. The van der Waals surface area contributed by atoms with Crippen molar-refractivity contribution >= 4 is 31.9 Å². The van der Waals surface area contributed by atoms with Gasteiger partial charge in [-0.2, -0.15) is 0 Å². The van der Waals surface area contributed by atoms with Crippen molar-refractivity contribution in [2.45, 2.75) is 25.7 Å². The van der Waals surface area contributed by atoms with Crippen molar-refractivity contribution in [3.8, 4) is 0 Å². The lowest BCUT2D eigenvalue weighted by Crippen LogP contribution is -1.85. The van der Waals surface area contributed by atoms with E-state index >= 15 is 0 Å². The van der Waals surface area contributed by atoms with Gasteiger partial charge in [-0.3, -0.25) is 0 Å². The molecule has 0 amide bonds. The lowest BCUT2D eigenvalue weighted by molar-refractivity contribution is 0.724. The third kappa shape index (κ3) is 4.82. The third-order valence-electron chi connectivity index (χ3n) is 1.99. The van der Waals surface area contributed by atoms with E-state index in [-0.39, 0.29) is 0 Å². The molecule has 0 radical (unpaired) electrons. The fourth-order valence-electron chi connectivity index (χ4n) is 1.29. The first-order valence-electron chi connectivity index (χ1n) is 4.63. The van der Waals surface area contributed by atoms with Gasteiger partial charge in [-0.25, -0.2) is 0 Å². The van der Waals surface area contributed by atoms with Gasteiger partial charge < -0.3 is 0 Å². The summed E-state index contributed by atoms with van der Waals surface area (Å²) >= 11 is 6.92. The molecular weight excluding hydrogens is 292 g/mol. The van der Waals surface area contributed by atoms with Crippen LogP contribution in [0.2, 0.25) is 0 Å². The fourth-order valence-corrected chi connectivity index (χ4v) is 2.14. The highest BCUT2D eigenvalue weighted by Crippen LogP contribution is 2.14. The first-order valence-corrected chi connectivity index (χ1v) is 6.55. The minimum Gasteiger partial charge on any atom is -0.0928 e. The van der Waals surface area contributed by atoms with Crippen molar-refractivity contribution in [2.75, 3.05) is 5.33 Å². The Kier molecular flexibility index (Phi) is 5.72. The van der Waals surface area contributed by atoms with E-state index in [2.05, 4.69) is 56.1 Å². The van der Waals surface area contributed by atoms with Crippen LogP contribution in [0.3, 0.4) is 0 Å². The molecular formula is C11H14Br2. The van der Waals surface area contributed by atoms with E-state index in [1.54, 1.807) is 0 Å². The average Bonchev–Trinajstić information content (AvgIpc) is 2.13. The predicted molar refractivity (Wildman–Crippen MR) is 65.5 cm³/mol. The highest BCUT2D eigenvalue weighted by Gasteiger charge is 1.93. The van der Waals surface area contributed by atoms with Crippen LogP contribution in [0.5, 0.6) is 0 Å².